The third-order valence-electron chi connectivity index (χ3n) is 3.49. The molecule has 5 nitrogen and oxygen atoms in total. The second-order valence-corrected chi connectivity index (χ2v) is 5.03. The number of carbonyl (C=O) groups is 2. The average Bonchev–Trinajstić information content (AvgIpc) is 2.72. The number of likely N-dealkylation sites (tertiary alicyclic amines) is 1. The maximum Gasteiger partial charge on any atom is 0.253 e. The van der Waals surface area contributed by atoms with Crippen LogP contribution in [0.5, 0.6) is 0 Å². The Labute approximate surface area is 106 Å². The van der Waals surface area contributed by atoms with E-state index >= 15 is 0 Å². The van der Waals surface area contributed by atoms with Crippen LogP contribution in [0.4, 0.5) is 5.69 Å². The highest BCUT2D eigenvalue weighted by atomic mass is 16.2. The molecule has 0 radical (unpaired) electrons. The van der Waals surface area contributed by atoms with Gasteiger partial charge in [-0.15, -0.1) is 0 Å². The summed E-state index contributed by atoms with van der Waals surface area (Å²) in [5, 5.41) is 0. The van der Waals surface area contributed by atoms with Gasteiger partial charge in [-0.25, -0.2) is 0 Å². The van der Waals surface area contributed by atoms with E-state index < -0.39 is 5.41 Å². The minimum absolute atomic E-state index is 0.104. The van der Waals surface area contributed by atoms with Crippen molar-refractivity contribution < 1.29 is 9.59 Å². The summed E-state index contributed by atoms with van der Waals surface area (Å²) in [4.78, 5) is 25.2. The Morgan fingerprint density at radius 2 is 2.11 bits per heavy atom. The van der Waals surface area contributed by atoms with Crippen LogP contribution < -0.4 is 11.5 Å². The summed E-state index contributed by atoms with van der Waals surface area (Å²) in [7, 11) is 0. The van der Waals surface area contributed by atoms with Crippen molar-refractivity contribution in [2.24, 2.45) is 11.1 Å². The highest BCUT2D eigenvalue weighted by Crippen LogP contribution is 2.30. The van der Waals surface area contributed by atoms with Crippen LogP contribution in [0.1, 0.15) is 23.7 Å². The molecule has 96 valence electrons. The predicted octanol–water partition coefficient (Wildman–Crippen LogP) is 0.606. The smallest absolute Gasteiger partial charge is 0.253 e. The minimum atomic E-state index is -0.615. The third kappa shape index (κ3) is 2.16. The molecule has 1 aromatic carbocycles. The fraction of sp³-hybridized carbons (Fsp3) is 0.385. The van der Waals surface area contributed by atoms with Crippen molar-refractivity contribution in [3.63, 3.8) is 0 Å². The fourth-order valence-corrected chi connectivity index (χ4v) is 2.19. The van der Waals surface area contributed by atoms with E-state index in [2.05, 4.69) is 0 Å². The number of nitrogens with zero attached hydrogens (tertiary/aromatic N) is 1. The van der Waals surface area contributed by atoms with Crippen molar-refractivity contribution in [2.45, 2.75) is 13.3 Å². The second kappa shape index (κ2) is 4.33. The monoisotopic (exact) mass is 247 g/mol. The molecule has 0 aliphatic carbocycles. The molecule has 1 unspecified atom stereocenters. The first kappa shape index (κ1) is 12.4. The largest absolute Gasteiger partial charge is 0.399 e. The molecular weight excluding hydrogens is 230 g/mol. The summed E-state index contributed by atoms with van der Waals surface area (Å²) in [5.74, 6) is -0.461. The van der Waals surface area contributed by atoms with Gasteiger partial charge < -0.3 is 16.4 Å². The van der Waals surface area contributed by atoms with Crippen LogP contribution in [0.15, 0.2) is 24.3 Å². The van der Waals surface area contributed by atoms with E-state index in [1.165, 1.54) is 0 Å². The normalized spacial score (nSPS) is 23.1. The van der Waals surface area contributed by atoms with Crippen molar-refractivity contribution in [1.82, 2.24) is 4.90 Å². The number of nitrogen functional groups attached to an aromatic ring is 1. The van der Waals surface area contributed by atoms with Crippen LogP contribution >= 0.6 is 0 Å². The van der Waals surface area contributed by atoms with Gasteiger partial charge in [0.15, 0.2) is 0 Å². The lowest BCUT2D eigenvalue weighted by molar-refractivity contribution is -0.126. The van der Waals surface area contributed by atoms with Gasteiger partial charge >= 0.3 is 0 Å². The van der Waals surface area contributed by atoms with E-state index in [0.717, 1.165) is 0 Å². The highest BCUT2D eigenvalue weighted by molar-refractivity contribution is 5.96. The van der Waals surface area contributed by atoms with Crippen LogP contribution in [-0.2, 0) is 4.79 Å². The van der Waals surface area contributed by atoms with E-state index in [0.29, 0.717) is 30.8 Å². The van der Waals surface area contributed by atoms with Crippen molar-refractivity contribution in [3.05, 3.63) is 29.8 Å². The van der Waals surface area contributed by atoms with Gasteiger partial charge in [-0.2, -0.15) is 0 Å². The average molecular weight is 247 g/mol. The van der Waals surface area contributed by atoms with Gasteiger partial charge in [0.25, 0.3) is 5.91 Å². The summed E-state index contributed by atoms with van der Waals surface area (Å²) in [6.45, 7) is 2.71. The Kier molecular flexibility index (Phi) is 2.98. The van der Waals surface area contributed by atoms with Gasteiger partial charge in [-0.05, 0) is 31.5 Å². The molecule has 5 heteroatoms. The molecule has 1 fully saturated rings. The topological polar surface area (TPSA) is 89.4 Å². The Balaban J connectivity index is 2.15. The van der Waals surface area contributed by atoms with Crippen LogP contribution in [0.2, 0.25) is 0 Å². The maximum atomic E-state index is 12.2. The molecule has 1 heterocycles. The van der Waals surface area contributed by atoms with Crippen molar-refractivity contribution in [1.29, 1.82) is 0 Å². The molecular formula is C13H17N3O2. The van der Waals surface area contributed by atoms with Gasteiger partial charge in [-0.1, -0.05) is 6.07 Å². The van der Waals surface area contributed by atoms with E-state index in [1.807, 2.05) is 0 Å². The zero-order valence-electron chi connectivity index (χ0n) is 10.3. The minimum Gasteiger partial charge on any atom is -0.399 e. The molecule has 4 N–H and O–H groups in total. The highest BCUT2D eigenvalue weighted by Gasteiger charge is 2.40. The Morgan fingerprint density at radius 3 is 2.67 bits per heavy atom. The summed E-state index contributed by atoms with van der Waals surface area (Å²) < 4.78 is 0. The van der Waals surface area contributed by atoms with Crippen molar-refractivity contribution in [2.75, 3.05) is 18.8 Å². The summed E-state index contributed by atoms with van der Waals surface area (Å²) in [6, 6.07) is 6.83. The lowest BCUT2D eigenvalue weighted by Crippen LogP contribution is -2.38. The molecule has 0 aromatic heterocycles. The number of carbonyl (C=O) groups excluding carboxylic acids is 2. The van der Waals surface area contributed by atoms with Crippen LogP contribution in [-0.4, -0.2) is 29.8 Å². The fourth-order valence-electron chi connectivity index (χ4n) is 2.19. The van der Waals surface area contributed by atoms with Gasteiger partial charge in [0.2, 0.25) is 5.91 Å². The van der Waals surface area contributed by atoms with Gasteiger partial charge in [-0.3, -0.25) is 9.59 Å². The first-order valence-electron chi connectivity index (χ1n) is 5.87. The Morgan fingerprint density at radius 1 is 1.39 bits per heavy atom. The first-order valence-corrected chi connectivity index (χ1v) is 5.87. The standard InChI is InChI=1S/C13H17N3O2/c1-13(12(15)18)5-6-16(8-13)11(17)9-3-2-4-10(14)7-9/h2-4,7H,5-6,8,14H2,1H3,(H2,15,18). The molecule has 0 bridgehead atoms. The number of hydrogen-bond acceptors (Lipinski definition) is 3. The lowest BCUT2D eigenvalue weighted by Gasteiger charge is -2.21. The van der Waals surface area contributed by atoms with Crippen LogP contribution in [0.3, 0.4) is 0 Å². The second-order valence-electron chi connectivity index (χ2n) is 5.03. The maximum absolute atomic E-state index is 12.2. The van der Waals surface area contributed by atoms with Crippen molar-refractivity contribution in [3.8, 4) is 0 Å². The summed E-state index contributed by atoms with van der Waals surface area (Å²) in [5.41, 5.74) is 11.5. The summed E-state index contributed by atoms with van der Waals surface area (Å²) in [6.07, 6.45) is 0.608. The number of amides is 2. The molecule has 0 saturated carbocycles. The molecule has 1 aliphatic heterocycles. The lowest BCUT2D eigenvalue weighted by atomic mass is 9.89. The number of hydrogen-bond donors (Lipinski definition) is 2. The third-order valence-corrected chi connectivity index (χ3v) is 3.49. The molecule has 1 aromatic rings. The summed E-state index contributed by atoms with van der Waals surface area (Å²) >= 11 is 0. The Bertz CT molecular complexity index is 501. The molecule has 1 aliphatic rings. The predicted molar refractivity (Wildman–Crippen MR) is 68.7 cm³/mol. The SMILES string of the molecule is CC1(C(N)=O)CCN(C(=O)c2cccc(N)c2)C1. The molecule has 1 saturated heterocycles. The number of nitrogens with two attached hydrogens (primary N) is 2. The molecule has 2 amide bonds. The number of primary amides is 1. The van der Waals surface area contributed by atoms with E-state index in [-0.39, 0.29) is 11.8 Å². The van der Waals surface area contributed by atoms with Crippen LogP contribution in [0.25, 0.3) is 0 Å². The first-order chi connectivity index (χ1) is 8.42. The zero-order valence-corrected chi connectivity index (χ0v) is 10.3. The van der Waals surface area contributed by atoms with Gasteiger partial charge in [0.05, 0.1) is 5.41 Å². The van der Waals surface area contributed by atoms with Crippen LogP contribution in [0, 0.1) is 5.41 Å². The molecule has 2 rings (SSSR count). The number of benzene rings is 1. The van der Waals surface area contributed by atoms with E-state index in [4.69, 9.17) is 11.5 Å². The number of anilines is 1. The number of rotatable bonds is 2. The van der Waals surface area contributed by atoms with E-state index in [1.54, 1.807) is 36.1 Å². The quantitative estimate of drug-likeness (QED) is 0.750. The van der Waals surface area contributed by atoms with Gasteiger partial charge in [0, 0.05) is 24.3 Å². The van der Waals surface area contributed by atoms with Gasteiger partial charge in [0.1, 0.15) is 0 Å². The zero-order chi connectivity index (χ0) is 13.3. The van der Waals surface area contributed by atoms with Crippen molar-refractivity contribution >= 4 is 17.5 Å². The molecule has 18 heavy (non-hydrogen) atoms. The van der Waals surface area contributed by atoms with E-state index in [9.17, 15) is 9.59 Å². The molecule has 1 atom stereocenters. The molecule has 0 spiro atoms. The Hall–Kier alpha value is -2.04.